The molecule has 2 rings (SSSR count). The molecule has 5 heteroatoms. The molecule has 0 saturated heterocycles. The molecule has 0 heterocycles. The fourth-order valence-electron chi connectivity index (χ4n) is 2.17. The van der Waals surface area contributed by atoms with Crippen molar-refractivity contribution in [3.05, 3.63) is 64.7 Å². The summed E-state index contributed by atoms with van der Waals surface area (Å²) in [6.45, 7) is 1.23. The summed E-state index contributed by atoms with van der Waals surface area (Å²) in [5.74, 6) is -0.378. The quantitative estimate of drug-likeness (QED) is 0.805. The van der Waals surface area contributed by atoms with Crippen LogP contribution >= 0.6 is 11.6 Å². The summed E-state index contributed by atoms with van der Waals surface area (Å²) in [7, 11) is 0. The van der Waals surface area contributed by atoms with Crippen LogP contribution < -0.4 is 11.5 Å². The predicted molar refractivity (Wildman–Crippen MR) is 85.6 cm³/mol. The number of para-hydroxylation sites is 1. The molecule has 0 aliphatic carbocycles. The molecule has 4 nitrogen and oxygen atoms in total. The maximum atomic E-state index is 11.3. The molecule has 0 spiro atoms. The maximum Gasteiger partial charge on any atom is 0.231 e. The summed E-state index contributed by atoms with van der Waals surface area (Å²) >= 11 is 6.17. The minimum absolute atomic E-state index is 0.152. The van der Waals surface area contributed by atoms with Crippen molar-refractivity contribution in [2.75, 3.05) is 12.3 Å². The van der Waals surface area contributed by atoms with Crippen LogP contribution in [0.25, 0.3) is 0 Å². The van der Waals surface area contributed by atoms with Gasteiger partial charge in [-0.25, -0.2) is 0 Å². The highest BCUT2D eigenvalue weighted by Crippen LogP contribution is 2.19. The van der Waals surface area contributed by atoms with Crippen LogP contribution in [0.3, 0.4) is 0 Å². The van der Waals surface area contributed by atoms with E-state index in [1.54, 1.807) is 0 Å². The summed E-state index contributed by atoms with van der Waals surface area (Å²) in [5.41, 5.74) is 13.9. The van der Waals surface area contributed by atoms with Crippen molar-refractivity contribution in [3.8, 4) is 0 Å². The van der Waals surface area contributed by atoms with Gasteiger partial charge in [-0.1, -0.05) is 48.0 Å². The SMILES string of the molecule is NC(=O)CN(Cc1ccccc1N)Cc1ccccc1Cl. The van der Waals surface area contributed by atoms with Gasteiger partial charge in [0.05, 0.1) is 6.54 Å². The van der Waals surface area contributed by atoms with Crippen molar-refractivity contribution >= 4 is 23.2 Å². The number of primary amides is 1. The largest absolute Gasteiger partial charge is 0.398 e. The van der Waals surface area contributed by atoms with Crippen molar-refractivity contribution < 1.29 is 4.79 Å². The first-order valence-electron chi connectivity index (χ1n) is 6.63. The summed E-state index contributed by atoms with van der Waals surface area (Å²) in [4.78, 5) is 13.2. The molecule has 0 bridgehead atoms. The average Bonchev–Trinajstić information content (AvgIpc) is 2.43. The molecule has 21 heavy (non-hydrogen) atoms. The summed E-state index contributed by atoms with van der Waals surface area (Å²) in [5, 5.41) is 0.674. The van der Waals surface area contributed by atoms with E-state index in [0.29, 0.717) is 23.8 Å². The molecule has 0 saturated carbocycles. The number of hydrogen-bond donors (Lipinski definition) is 2. The Morgan fingerprint density at radius 2 is 1.57 bits per heavy atom. The van der Waals surface area contributed by atoms with Gasteiger partial charge in [0.15, 0.2) is 0 Å². The lowest BCUT2D eigenvalue weighted by Crippen LogP contribution is -2.33. The number of carbonyl (C=O) groups is 1. The predicted octanol–water partition coefficient (Wildman–Crippen LogP) is 2.41. The van der Waals surface area contributed by atoms with Gasteiger partial charge in [-0.15, -0.1) is 0 Å². The number of hydrogen-bond acceptors (Lipinski definition) is 3. The van der Waals surface area contributed by atoms with E-state index in [0.717, 1.165) is 11.1 Å². The Morgan fingerprint density at radius 3 is 2.19 bits per heavy atom. The molecule has 2 aromatic rings. The molecule has 1 amide bonds. The number of nitrogens with zero attached hydrogens (tertiary/aromatic N) is 1. The normalized spacial score (nSPS) is 10.8. The van der Waals surface area contributed by atoms with Crippen LogP contribution in [0.5, 0.6) is 0 Å². The lowest BCUT2D eigenvalue weighted by molar-refractivity contribution is -0.119. The fourth-order valence-corrected chi connectivity index (χ4v) is 2.37. The molecule has 0 unspecified atom stereocenters. The van der Waals surface area contributed by atoms with Crippen LogP contribution in [0.1, 0.15) is 11.1 Å². The van der Waals surface area contributed by atoms with E-state index in [2.05, 4.69) is 0 Å². The highest BCUT2D eigenvalue weighted by molar-refractivity contribution is 6.31. The highest BCUT2D eigenvalue weighted by atomic mass is 35.5. The number of nitrogens with two attached hydrogens (primary N) is 2. The minimum Gasteiger partial charge on any atom is -0.398 e. The molecule has 0 radical (unpaired) electrons. The van der Waals surface area contributed by atoms with Crippen LogP contribution in [0.2, 0.25) is 5.02 Å². The van der Waals surface area contributed by atoms with Crippen LogP contribution in [-0.4, -0.2) is 17.4 Å². The molecule has 0 aromatic heterocycles. The minimum atomic E-state index is -0.378. The standard InChI is InChI=1S/C16H18ClN3O/c17-14-7-3-1-5-12(14)9-20(11-16(19)21)10-13-6-2-4-8-15(13)18/h1-8H,9-11,18H2,(H2,19,21). The van der Waals surface area contributed by atoms with Gasteiger partial charge >= 0.3 is 0 Å². The van der Waals surface area contributed by atoms with Gasteiger partial charge < -0.3 is 11.5 Å². The van der Waals surface area contributed by atoms with Crippen molar-refractivity contribution in [3.63, 3.8) is 0 Å². The maximum absolute atomic E-state index is 11.3. The van der Waals surface area contributed by atoms with Crippen LogP contribution in [0.4, 0.5) is 5.69 Å². The zero-order valence-corrected chi connectivity index (χ0v) is 12.4. The third kappa shape index (κ3) is 4.48. The number of rotatable bonds is 6. The van der Waals surface area contributed by atoms with Gasteiger partial charge in [-0.3, -0.25) is 9.69 Å². The lowest BCUT2D eigenvalue weighted by atomic mass is 10.1. The lowest BCUT2D eigenvalue weighted by Gasteiger charge is -2.22. The van der Waals surface area contributed by atoms with Crippen molar-refractivity contribution in [2.24, 2.45) is 5.73 Å². The van der Waals surface area contributed by atoms with E-state index in [9.17, 15) is 4.79 Å². The molecule has 0 aliphatic heterocycles. The Kier molecular flexibility index (Phi) is 5.20. The topological polar surface area (TPSA) is 72.4 Å². The number of halogens is 1. The van der Waals surface area contributed by atoms with E-state index in [4.69, 9.17) is 23.1 Å². The Balaban J connectivity index is 2.17. The molecule has 4 N–H and O–H groups in total. The Morgan fingerprint density at radius 1 is 1.00 bits per heavy atom. The second kappa shape index (κ2) is 7.11. The van der Waals surface area contributed by atoms with Crippen LogP contribution in [0.15, 0.2) is 48.5 Å². The van der Waals surface area contributed by atoms with Gasteiger partial charge in [-0.2, -0.15) is 0 Å². The molecular weight excluding hydrogens is 286 g/mol. The Bertz CT molecular complexity index is 583. The first-order chi connectivity index (χ1) is 10.1. The first kappa shape index (κ1) is 15.4. The van der Waals surface area contributed by atoms with Gasteiger partial charge in [0.25, 0.3) is 0 Å². The van der Waals surface area contributed by atoms with E-state index in [-0.39, 0.29) is 12.5 Å². The Labute approximate surface area is 129 Å². The average molecular weight is 304 g/mol. The first-order valence-corrected chi connectivity index (χ1v) is 7.01. The molecule has 0 fully saturated rings. The number of carbonyl (C=O) groups excluding carboxylic acids is 1. The van der Waals surface area contributed by atoms with Gasteiger partial charge in [-0.05, 0) is 23.3 Å². The Hall–Kier alpha value is -2.04. The molecular formula is C16H18ClN3O. The van der Waals surface area contributed by atoms with Gasteiger partial charge in [0.1, 0.15) is 0 Å². The third-order valence-electron chi connectivity index (χ3n) is 3.18. The molecule has 0 atom stereocenters. The molecule has 110 valence electrons. The number of nitrogen functional groups attached to an aromatic ring is 1. The number of anilines is 1. The zero-order valence-electron chi connectivity index (χ0n) is 11.6. The van der Waals surface area contributed by atoms with Crippen molar-refractivity contribution in [1.82, 2.24) is 4.90 Å². The summed E-state index contributed by atoms with van der Waals surface area (Å²) in [6, 6.07) is 15.1. The van der Waals surface area contributed by atoms with E-state index in [1.807, 2.05) is 53.4 Å². The smallest absolute Gasteiger partial charge is 0.231 e. The zero-order chi connectivity index (χ0) is 15.2. The van der Waals surface area contributed by atoms with Gasteiger partial charge in [0, 0.05) is 23.8 Å². The second-order valence-corrected chi connectivity index (χ2v) is 5.31. The van der Waals surface area contributed by atoms with Crippen molar-refractivity contribution in [1.29, 1.82) is 0 Å². The molecule has 0 aliphatic rings. The number of benzene rings is 2. The summed E-state index contributed by atoms with van der Waals surface area (Å²) in [6.07, 6.45) is 0. The van der Waals surface area contributed by atoms with Crippen LogP contribution in [-0.2, 0) is 17.9 Å². The number of amides is 1. The summed E-state index contributed by atoms with van der Waals surface area (Å²) < 4.78 is 0. The third-order valence-corrected chi connectivity index (χ3v) is 3.55. The molecule has 2 aromatic carbocycles. The monoisotopic (exact) mass is 303 g/mol. The highest BCUT2D eigenvalue weighted by Gasteiger charge is 2.13. The van der Waals surface area contributed by atoms with E-state index in [1.165, 1.54) is 0 Å². The van der Waals surface area contributed by atoms with Crippen molar-refractivity contribution in [2.45, 2.75) is 13.1 Å². The van der Waals surface area contributed by atoms with E-state index < -0.39 is 0 Å². The fraction of sp³-hybridized carbons (Fsp3) is 0.188. The van der Waals surface area contributed by atoms with Gasteiger partial charge in [0.2, 0.25) is 5.91 Å². The van der Waals surface area contributed by atoms with Crippen LogP contribution in [0, 0.1) is 0 Å². The second-order valence-electron chi connectivity index (χ2n) is 4.90. The van der Waals surface area contributed by atoms with E-state index >= 15 is 0 Å².